The fourth-order valence-corrected chi connectivity index (χ4v) is 2.81. The predicted octanol–water partition coefficient (Wildman–Crippen LogP) is 4.95. The SMILES string of the molecule is CCc1cn(C(C)CC)c2cc(Br)c(OC)cc12. The minimum atomic E-state index is 0.521. The van der Waals surface area contributed by atoms with Crippen molar-refractivity contribution in [3.63, 3.8) is 0 Å². The lowest BCUT2D eigenvalue weighted by Crippen LogP contribution is -2.01. The van der Waals surface area contributed by atoms with Crippen molar-refractivity contribution in [1.29, 1.82) is 0 Å². The van der Waals surface area contributed by atoms with E-state index in [1.165, 1.54) is 16.5 Å². The van der Waals surface area contributed by atoms with Gasteiger partial charge >= 0.3 is 0 Å². The maximum Gasteiger partial charge on any atom is 0.133 e. The van der Waals surface area contributed by atoms with Gasteiger partial charge in [0.2, 0.25) is 0 Å². The highest BCUT2D eigenvalue weighted by molar-refractivity contribution is 9.10. The molecule has 0 radical (unpaired) electrons. The molecule has 0 spiro atoms. The van der Waals surface area contributed by atoms with Crippen molar-refractivity contribution in [2.24, 2.45) is 0 Å². The summed E-state index contributed by atoms with van der Waals surface area (Å²) >= 11 is 3.58. The molecular weight excluding hydrogens is 290 g/mol. The number of aromatic nitrogens is 1. The molecule has 1 aromatic carbocycles. The fraction of sp³-hybridized carbons (Fsp3) is 0.467. The zero-order valence-corrected chi connectivity index (χ0v) is 13.0. The number of methoxy groups -OCH3 is 1. The molecule has 1 atom stereocenters. The molecule has 0 saturated carbocycles. The van der Waals surface area contributed by atoms with Crippen LogP contribution in [0.3, 0.4) is 0 Å². The molecule has 0 bridgehead atoms. The molecule has 0 aliphatic rings. The van der Waals surface area contributed by atoms with E-state index < -0.39 is 0 Å². The number of hydrogen-bond donors (Lipinski definition) is 0. The van der Waals surface area contributed by atoms with Crippen molar-refractivity contribution in [3.8, 4) is 5.75 Å². The van der Waals surface area contributed by atoms with E-state index in [-0.39, 0.29) is 0 Å². The molecule has 0 amide bonds. The number of ether oxygens (including phenoxy) is 1. The summed E-state index contributed by atoms with van der Waals surface area (Å²) in [6.07, 6.45) is 4.46. The molecule has 0 saturated heterocycles. The van der Waals surface area contributed by atoms with Crippen molar-refractivity contribution in [1.82, 2.24) is 4.57 Å². The Balaban J connectivity index is 2.71. The molecule has 1 heterocycles. The molecular formula is C15H20BrNO. The van der Waals surface area contributed by atoms with Crippen LogP contribution in [-0.4, -0.2) is 11.7 Å². The van der Waals surface area contributed by atoms with Crippen molar-refractivity contribution >= 4 is 26.8 Å². The first-order valence-corrected chi connectivity index (χ1v) is 7.28. The van der Waals surface area contributed by atoms with Crippen molar-refractivity contribution in [3.05, 3.63) is 28.4 Å². The average molecular weight is 310 g/mol. The summed E-state index contributed by atoms with van der Waals surface area (Å²) in [7, 11) is 1.71. The van der Waals surface area contributed by atoms with Crippen LogP contribution in [0.25, 0.3) is 10.9 Å². The van der Waals surface area contributed by atoms with E-state index in [9.17, 15) is 0 Å². The van der Waals surface area contributed by atoms with Crippen LogP contribution in [0.5, 0.6) is 5.75 Å². The Hall–Kier alpha value is -0.960. The normalized spacial score (nSPS) is 12.9. The summed E-state index contributed by atoms with van der Waals surface area (Å²) in [5, 5.41) is 1.30. The fourth-order valence-electron chi connectivity index (χ4n) is 2.32. The van der Waals surface area contributed by atoms with Gasteiger partial charge in [-0.05, 0) is 53.4 Å². The second kappa shape index (κ2) is 5.35. The van der Waals surface area contributed by atoms with Gasteiger partial charge in [0.1, 0.15) is 5.75 Å². The van der Waals surface area contributed by atoms with E-state index in [1.54, 1.807) is 7.11 Å². The van der Waals surface area contributed by atoms with Crippen LogP contribution in [0.2, 0.25) is 0 Å². The van der Waals surface area contributed by atoms with E-state index in [2.05, 4.69) is 59.6 Å². The first-order chi connectivity index (χ1) is 8.62. The number of aryl methyl sites for hydroxylation is 1. The number of halogens is 1. The standard InChI is InChI=1S/C15H20BrNO/c1-5-10(3)17-9-11(6-2)12-7-15(18-4)13(16)8-14(12)17/h7-10H,5-6H2,1-4H3. The lowest BCUT2D eigenvalue weighted by molar-refractivity contribution is 0.412. The lowest BCUT2D eigenvalue weighted by atomic mass is 10.1. The number of hydrogen-bond acceptors (Lipinski definition) is 1. The number of nitrogens with zero attached hydrogens (tertiary/aromatic N) is 1. The zero-order chi connectivity index (χ0) is 13.3. The van der Waals surface area contributed by atoms with E-state index >= 15 is 0 Å². The third kappa shape index (κ3) is 2.16. The van der Waals surface area contributed by atoms with Gasteiger partial charge in [0, 0.05) is 23.1 Å². The van der Waals surface area contributed by atoms with Gasteiger partial charge in [0.05, 0.1) is 11.6 Å². The predicted molar refractivity (Wildman–Crippen MR) is 80.6 cm³/mol. The molecule has 0 aliphatic carbocycles. The van der Waals surface area contributed by atoms with Gasteiger partial charge in [0.15, 0.2) is 0 Å². The Kier molecular flexibility index (Phi) is 4.00. The van der Waals surface area contributed by atoms with Crippen molar-refractivity contribution in [2.45, 2.75) is 39.7 Å². The van der Waals surface area contributed by atoms with Crippen molar-refractivity contribution in [2.75, 3.05) is 7.11 Å². The second-order valence-corrected chi connectivity index (χ2v) is 5.53. The van der Waals surface area contributed by atoms with Crippen LogP contribution in [-0.2, 0) is 6.42 Å². The second-order valence-electron chi connectivity index (χ2n) is 4.68. The van der Waals surface area contributed by atoms with Gasteiger partial charge in [-0.25, -0.2) is 0 Å². The first kappa shape index (κ1) is 13.5. The molecule has 2 rings (SSSR count). The highest BCUT2D eigenvalue weighted by Gasteiger charge is 2.13. The molecule has 0 N–H and O–H groups in total. The maximum atomic E-state index is 5.39. The first-order valence-electron chi connectivity index (χ1n) is 6.49. The molecule has 2 aromatic rings. The van der Waals surface area contributed by atoms with E-state index in [0.717, 1.165) is 23.1 Å². The Morgan fingerprint density at radius 2 is 2.06 bits per heavy atom. The molecule has 0 fully saturated rings. The summed E-state index contributed by atoms with van der Waals surface area (Å²) < 4.78 is 8.78. The van der Waals surface area contributed by atoms with Crippen LogP contribution in [0.4, 0.5) is 0 Å². The zero-order valence-electron chi connectivity index (χ0n) is 11.5. The lowest BCUT2D eigenvalue weighted by Gasteiger charge is -2.13. The van der Waals surface area contributed by atoms with Crippen LogP contribution in [0.15, 0.2) is 22.8 Å². The van der Waals surface area contributed by atoms with Crippen LogP contribution < -0.4 is 4.74 Å². The Morgan fingerprint density at radius 3 is 2.61 bits per heavy atom. The van der Waals surface area contributed by atoms with Gasteiger partial charge in [-0.15, -0.1) is 0 Å². The third-order valence-electron chi connectivity index (χ3n) is 3.64. The molecule has 1 aromatic heterocycles. The van der Waals surface area contributed by atoms with E-state index in [0.29, 0.717) is 6.04 Å². The highest BCUT2D eigenvalue weighted by Crippen LogP contribution is 2.34. The van der Waals surface area contributed by atoms with Gasteiger partial charge in [0.25, 0.3) is 0 Å². The molecule has 18 heavy (non-hydrogen) atoms. The van der Waals surface area contributed by atoms with Gasteiger partial charge in [-0.3, -0.25) is 0 Å². The van der Waals surface area contributed by atoms with E-state index in [1.807, 2.05) is 0 Å². The molecule has 2 nitrogen and oxygen atoms in total. The Labute approximate surface area is 117 Å². The minimum Gasteiger partial charge on any atom is -0.496 e. The largest absolute Gasteiger partial charge is 0.496 e. The number of rotatable bonds is 4. The van der Waals surface area contributed by atoms with Gasteiger partial charge < -0.3 is 9.30 Å². The number of benzene rings is 1. The molecule has 0 aliphatic heterocycles. The topological polar surface area (TPSA) is 14.2 Å². The maximum absolute atomic E-state index is 5.39. The van der Waals surface area contributed by atoms with E-state index in [4.69, 9.17) is 4.74 Å². The van der Waals surface area contributed by atoms with Crippen molar-refractivity contribution < 1.29 is 4.74 Å². The number of fused-ring (bicyclic) bond motifs is 1. The minimum absolute atomic E-state index is 0.521. The smallest absolute Gasteiger partial charge is 0.133 e. The Morgan fingerprint density at radius 1 is 1.33 bits per heavy atom. The third-order valence-corrected chi connectivity index (χ3v) is 4.26. The molecule has 1 unspecified atom stereocenters. The summed E-state index contributed by atoms with van der Waals surface area (Å²) in [5.41, 5.74) is 2.67. The highest BCUT2D eigenvalue weighted by atomic mass is 79.9. The molecule has 3 heteroatoms. The van der Waals surface area contributed by atoms with Crippen LogP contribution >= 0.6 is 15.9 Å². The molecule has 98 valence electrons. The quantitative estimate of drug-likeness (QED) is 0.779. The van der Waals surface area contributed by atoms with Gasteiger partial charge in [-0.1, -0.05) is 13.8 Å². The monoisotopic (exact) mass is 309 g/mol. The van der Waals surface area contributed by atoms with Crippen LogP contribution in [0, 0.1) is 0 Å². The summed E-state index contributed by atoms with van der Waals surface area (Å²) in [6, 6.07) is 4.82. The van der Waals surface area contributed by atoms with Crippen LogP contribution in [0.1, 0.15) is 38.8 Å². The van der Waals surface area contributed by atoms with Gasteiger partial charge in [-0.2, -0.15) is 0 Å². The average Bonchev–Trinajstić information content (AvgIpc) is 2.74. The summed E-state index contributed by atoms with van der Waals surface area (Å²) in [6.45, 7) is 6.68. The summed E-state index contributed by atoms with van der Waals surface area (Å²) in [5.74, 6) is 0.902. The Bertz CT molecular complexity index is 559. The summed E-state index contributed by atoms with van der Waals surface area (Å²) in [4.78, 5) is 0.